The predicted molar refractivity (Wildman–Crippen MR) is 118 cm³/mol. The van der Waals surface area contributed by atoms with Gasteiger partial charge in [0, 0.05) is 36.6 Å². The molecule has 1 aromatic heterocycles. The number of rotatable bonds is 4. The minimum absolute atomic E-state index is 0.00514. The fraction of sp³-hybridized carbons (Fsp3) is 0.250. The number of benzene rings is 2. The van der Waals surface area contributed by atoms with E-state index in [1.54, 1.807) is 30.6 Å². The molecule has 0 saturated heterocycles. The molecule has 0 saturated carbocycles. The Morgan fingerprint density at radius 3 is 2.16 bits per heavy atom. The van der Waals surface area contributed by atoms with Gasteiger partial charge in [0.2, 0.25) is 0 Å². The van der Waals surface area contributed by atoms with Crippen LogP contribution in [0.1, 0.15) is 37.6 Å². The van der Waals surface area contributed by atoms with Crippen LogP contribution in [0, 0.1) is 0 Å². The molecular formula is C24H28N2O4V. The van der Waals surface area contributed by atoms with E-state index in [4.69, 9.17) is 8.78 Å². The maximum absolute atomic E-state index is 9.52. The van der Waals surface area contributed by atoms with E-state index in [-0.39, 0.29) is 22.7 Å². The molecule has 163 valence electrons. The van der Waals surface area contributed by atoms with Gasteiger partial charge < -0.3 is 15.3 Å². The standard InChI is InChI=1S/C14H14N2O.C10H14O2.O.V/c17-14-7-2-1-5-12(14)11-15-10-8-13-6-3-4-9-16-13;1-10(2,3)7-4-5-8(11)9(12)6-7;;/h1-7,9,11,17H,8,10H2;4-6,11-12H,1-3H3;;. The van der Waals surface area contributed by atoms with E-state index in [2.05, 4.69) is 30.7 Å². The molecule has 3 aromatic rings. The zero-order valence-electron chi connectivity index (χ0n) is 17.9. The predicted octanol–water partition coefficient (Wildman–Crippen LogP) is 4.72. The molecule has 7 heteroatoms. The Morgan fingerprint density at radius 2 is 1.58 bits per heavy atom. The van der Waals surface area contributed by atoms with Crippen LogP contribution in [-0.2, 0) is 32.9 Å². The third-order valence-electron chi connectivity index (χ3n) is 4.23. The third kappa shape index (κ3) is 9.60. The summed E-state index contributed by atoms with van der Waals surface area (Å²) in [6.45, 7) is 6.84. The molecule has 0 atom stereocenters. The number of para-hydroxylation sites is 1. The quantitative estimate of drug-likeness (QED) is 0.387. The average Bonchev–Trinajstić information content (AvgIpc) is 2.76. The number of nitrogens with zero attached hydrogens (tertiary/aromatic N) is 2. The molecule has 2 aromatic carbocycles. The molecule has 0 amide bonds. The van der Waals surface area contributed by atoms with Crippen molar-refractivity contribution in [1.29, 1.82) is 0 Å². The van der Waals surface area contributed by atoms with Crippen molar-refractivity contribution in [3.8, 4) is 17.2 Å². The third-order valence-corrected chi connectivity index (χ3v) is 4.23. The number of aromatic hydroxyl groups is 3. The molecular weight excluding hydrogens is 431 g/mol. The van der Waals surface area contributed by atoms with Gasteiger partial charge in [0.15, 0.2) is 11.5 Å². The van der Waals surface area contributed by atoms with Gasteiger partial charge in [-0.3, -0.25) is 9.98 Å². The van der Waals surface area contributed by atoms with E-state index >= 15 is 0 Å². The van der Waals surface area contributed by atoms with Crippen LogP contribution in [0.4, 0.5) is 0 Å². The van der Waals surface area contributed by atoms with Crippen LogP contribution < -0.4 is 0 Å². The Morgan fingerprint density at radius 1 is 0.903 bits per heavy atom. The molecule has 0 unspecified atom stereocenters. The van der Waals surface area contributed by atoms with Crippen molar-refractivity contribution in [3.05, 3.63) is 83.7 Å². The summed E-state index contributed by atoms with van der Waals surface area (Å²) in [5.41, 5.74) is 2.79. The van der Waals surface area contributed by atoms with E-state index in [1.165, 1.54) is 6.07 Å². The molecule has 31 heavy (non-hydrogen) atoms. The van der Waals surface area contributed by atoms with Gasteiger partial charge in [0.1, 0.15) is 5.75 Å². The number of aliphatic imine (C=N–C) groups is 1. The van der Waals surface area contributed by atoms with E-state index in [0.29, 0.717) is 6.54 Å². The molecule has 1 heterocycles. The number of phenolic OH excluding ortho intramolecular Hbond substituents is 3. The van der Waals surface area contributed by atoms with Crippen molar-refractivity contribution in [2.24, 2.45) is 4.99 Å². The van der Waals surface area contributed by atoms with Gasteiger partial charge in [0.25, 0.3) is 0 Å². The minimum atomic E-state index is -0.0667. The van der Waals surface area contributed by atoms with Crippen LogP contribution in [0.25, 0.3) is 0 Å². The molecule has 0 aliphatic rings. The summed E-state index contributed by atoms with van der Waals surface area (Å²) < 4.78 is 8.19. The van der Waals surface area contributed by atoms with Crippen molar-refractivity contribution in [3.63, 3.8) is 0 Å². The van der Waals surface area contributed by atoms with E-state index in [1.807, 2.05) is 36.4 Å². The van der Waals surface area contributed by atoms with E-state index < -0.39 is 0 Å². The Kier molecular flexibility index (Phi) is 11.2. The fourth-order valence-corrected chi connectivity index (χ4v) is 2.47. The molecule has 6 nitrogen and oxygen atoms in total. The SMILES string of the molecule is CC(C)(C)c1ccc(O)c(O)c1.Oc1ccccc1C=NCCc1ccccn1.[O]=[V]. The zero-order chi connectivity index (χ0) is 23.3. The second kappa shape index (κ2) is 13.4. The molecule has 0 aliphatic carbocycles. The monoisotopic (exact) mass is 459 g/mol. The summed E-state index contributed by atoms with van der Waals surface area (Å²) in [5, 5.41) is 27.8. The van der Waals surface area contributed by atoms with E-state index in [9.17, 15) is 10.2 Å². The van der Waals surface area contributed by atoms with Crippen LogP contribution in [0.3, 0.4) is 0 Å². The first-order chi connectivity index (χ1) is 14.8. The van der Waals surface area contributed by atoms with Gasteiger partial charge >= 0.3 is 21.0 Å². The molecule has 3 N–H and O–H groups in total. The van der Waals surface area contributed by atoms with Gasteiger partial charge in [-0.2, -0.15) is 0 Å². The first-order valence-electron chi connectivity index (χ1n) is 9.66. The molecule has 0 bridgehead atoms. The summed E-state index contributed by atoms with van der Waals surface area (Å²) >= 11 is 1.06. The number of hydrogen-bond acceptors (Lipinski definition) is 6. The second-order valence-corrected chi connectivity index (χ2v) is 7.62. The first-order valence-corrected chi connectivity index (χ1v) is 10.2. The van der Waals surface area contributed by atoms with Gasteiger partial charge in [0.05, 0.1) is 0 Å². The van der Waals surface area contributed by atoms with Crippen LogP contribution in [-0.4, -0.2) is 33.1 Å². The average molecular weight is 459 g/mol. The number of pyridine rings is 1. The zero-order valence-corrected chi connectivity index (χ0v) is 19.3. The van der Waals surface area contributed by atoms with E-state index in [0.717, 1.165) is 40.6 Å². The topological polar surface area (TPSA) is 103 Å². The Balaban J connectivity index is 0.000000303. The second-order valence-electron chi connectivity index (χ2n) is 7.62. The van der Waals surface area contributed by atoms with Crippen LogP contribution in [0.15, 0.2) is 71.9 Å². The normalized spacial score (nSPS) is 10.5. The summed E-state index contributed by atoms with van der Waals surface area (Å²) in [6, 6.07) is 17.9. The van der Waals surface area contributed by atoms with Gasteiger partial charge in [-0.25, -0.2) is 0 Å². The van der Waals surface area contributed by atoms with Crippen molar-refractivity contribution in [2.45, 2.75) is 32.6 Å². The molecule has 0 fully saturated rings. The first kappa shape index (κ1) is 26.1. The van der Waals surface area contributed by atoms with Gasteiger partial charge in [-0.15, -0.1) is 0 Å². The fourth-order valence-electron chi connectivity index (χ4n) is 2.47. The molecule has 0 radical (unpaired) electrons. The number of aromatic nitrogens is 1. The van der Waals surface area contributed by atoms with Gasteiger partial charge in [-0.1, -0.05) is 45.0 Å². The van der Waals surface area contributed by atoms with Crippen LogP contribution >= 0.6 is 0 Å². The summed E-state index contributed by atoms with van der Waals surface area (Å²) in [7, 11) is 0. The van der Waals surface area contributed by atoms with Crippen molar-refractivity contribution < 1.29 is 36.4 Å². The number of phenols is 3. The van der Waals surface area contributed by atoms with Crippen LogP contribution in [0.5, 0.6) is 17.2 Å². The maximum atomic E-state index is 9.52. The summed E-state index contributed by atoms with van der Waals surface area (Å²) in [4.78, 5) is 8.49. The Hall–Kier alpha value is -2.96. The molecule has 3 rings (SSSR count). The Labute approximate surface area is 192 Å². The molecule has 0 spiro atoms. The molecule has 0 aliphatic heterocycles. The van der Waals surface area contributed by atoms with Gasteiger partial charge in [-0.05, 0) is 47.4 Å². The Bertz CT molecular complexity index is 957. The van der Waals surface area contributed by atoms with Crippen molar-refractivity contribution >= 4 is 6.21 Å². The van der Waals surface area contributed by atoms with Crippen LogP contribution in [0.2, 0.25) is 0 Å². The number of hydrogen-bond donors (Lipinski definition) is 3. The van der Waals surface area contributed by atoms with Crippen molar-refractivity contribution in [2.75, 3.05) is 6.54 Å². The van der Waals surface area contributed by atoms with Crippen molar-refractivity contribution in [1.82, 2.24) is 4.98 Å². The summed E-state index contributed by atoms with van der Waals surface area (Å²) in [5.74, 6) is 0.138. The summed E-state index contributed by atoms with van der Waals surface area (Å²) in [6.07, 6.45) is 4.28.